The van der Waals surface area contributed by atoms with Gasteiger partial charge in [-0.25, -0.2) is 5.69 Å². The quantitative estimate of drug-likeness (QED) is 0.169. The van der Waals surface area contributed by atoms with Crippen LogP contribution in [0.2, 0.25) is 0 Å². The Labute approximate surface area is 197 Å². The summed E-state index contributed by atoms with van der Waals surface area (Å²) < 4.78 is 3.82. The normalized spacial score (nSPS) is 10.5. The fourth-order valence-corrected chi connectivity index (χ4v) is 3.43. The zero-order chi connectivity index (χ0) is 20.3. The molecule has 0 spiro atoms. The molecule has 0 aliphatic carbocycles. The van der Waals surface area contributed by atoms with E-state index in [1.54, 1.807) is 6.20 Å². The number of aromatic nitrogens is 3. The van der Waals surface area contributed by atoms with Gasteiger partial charge < -0.3 is 19.0 Å². The van der Waals surface area contributed by atoms with Crippen molar-refractivity contribution < 1.29 is 26.9 Å². The molecular formula is C26H19AuN4-3. The van der Waals surface area contributed by atoms with E-state index in [1.165, 1.54) is 0 Å². The van der Waals surface area contributed by atoms with Crippen LogP contribution in [0.1, 0.15) is 0 Å². The van der Waals surface area contributed by atoms with Crippen LogP contribution in [0.3, 0.4) is 0 Å². The Balaban J connectivity index is 0.00000231. The largest absolute Gasteiger partial charge is 0.708 e. The molecule has 0 atom stereocenters. The summed E-state index contributed by atoms with van der Waals surface area (Å²) in [6, 6.07) is 33.5. The summed E-state index contributed by atoms with van der Waals surface area (Å²) in [6.45, 7) is 0. The SMILES string of the molecule is C[n+]1[c-]n(-c2[c-]c(N(c3[c-]c(-c4ccc[n-]4)ccc3)c3ccccc3)ccc2)cc1.[Au]. The van der Waals surface area contributed by atoms with Crippen molar-refractivity contribution in [2.75, 3.05) is 4.90 Å². The summed E-state index contributed by atoms with van der Waals surface area (Å²) in [5.41, 5.74) is 5.68. The molecule has 2 heterocycles. The Kier molecular flexibility index (Phi) is 6.23. The van der Waals surface area contributed by atoms with Crippen molar-refractivity contribution in [1.82, 2.24) is 9.55 Å². The van der Waals surface area contributed by atoms with E-state index in [-0.39, 0.29) is 22.4 Å². The van der Waals surface area contributed by atoms with E-state index in [0.29, 0.717) is 0 Å². The molecule has 1 radical (unpaired) electrons. The van der Waals surface area contributed by atoms with Crippen LogP contribution in [-0.2, 0) is 29.4 Å². The van der Waals surface area contributed by atoms with Gasteiger partial charge in [-0.05, 0) is 17.8 Å². The van der Waals surface area contributed by atoms with Gasteiger partial charge in [0.2, 0.25) is 6.33 Å². The molecule has 0 saturated heterocycles. The predicted octanol–water partition coefficient (Wildman–Crippen LogP) is 4.79. The molecule has 0 saturated carbocycles. The minimum Gasteiger partial charge on any atom is -0.708 e. The summed E-state index contributed by atoms with van der Waals surface area (Å²) in [4.78, 5) is 6.57. The van der Waals surface area contributed by atoms with Crippen molar-refractivity contribution in [2.24, 2.45) is 7.05 Å². The monoisotopic (exact) mass is 584 g/mol. The van der Waals surface area contributed by atoms with Crippen LogP contribution in [0.4, 0.5) is 17.1 Å². The molecule has 0 amide bonds. The molecule has 3 aromatic carbocycles. The third-order valence-electron chi connectivity index (χ3n) is 4.83. The smallest absolute Gasteiger partial charge is 0.241 e. The maximum atomic E-state index is 4.42. The van der Waals surface area contributed by atoms with Gasteiger partial charge in [0.1, 0.15) is 0 Å². The second kappa shape index (κ2) is 9.23. The van der Waals surface area contributed by atoms with E-state index in [9.17, 15) is 0 Å². The van der Waals surface area contributed by atoms with Crippen molar-refractivity contribution in [1.29, 1.82) is 0 Å². The van der Waals surface area contributed by atoms with Gasteiger partial charge in [0.15, 0.2) is 0 Å². The van der Waals surface area contributed by atoms with Crippen LogP contribution in [0.5, 0.6) is 0 Å². The summed E-state index contributed by atoms with van der Waals surface area (Å²) in [5, 5.41) is 0. The van der Waals surface area contributed by atoms with E-state index in [4.69, 9.17) is 0 Å². The van der Waals surface area contributed by atoms with E-state index >= 15 is 0 Å². The number of aryl methyl sites for hydroxylation is 1. The molecule has 0 unspecified atom stereocenters. The van der Waals surface area contributed by atoms with Gasteiger partial charge in [0, 0.05) is 40.5 Å². The van der Waals surface area contributed by atoms with Crippen molar-refractivity contribution >= 4 is 17.1 Å². The summed E-state index contributed by atoms with van der Waals surface area (Å²) in [6.07, 6.45) is 8.96. The van der Waals surface area contributed by atoms with Crippen LogP contribution in [-0.4, -0.2) is 4.57 Å². The molecular weight excluding hydrogens is 565 g/mol. The Morgan fingerprint density at radius 1 is 0.839 bits per heavy atom. The molecule has 0 aliphatic rings. The average molecular weight is 584 g/mol. The third-order valence-corrected chi connectivity index (χ3v) is 4.83. The van der Waals surface area contributed by atoms with Crippen molar-refractivity contribution in [3.63, 3.8) is 0 Å². The number of imidazole rings is 1. The topological polar surface area (TPSA) is 26.1 Å². The number of hydrogen-bond acceptors (Lipinski definition) is 1. The van der Waals surface area contributed by atoms with Gasteiger partial charge in [-0.1, -0.05) is 35.6 Å². The van der Waals surface area contributed by atoms with E-state index in [1.807, 2.05) is 83.2 Å². The zero-order valence-electron chi connectivity index (χ0n) is 16.8. The Hall–Kier alpha value is -3.31. The van der Waals surface area contributed by atoms with Gasteiger partial charge in [0.25, 0.3) is 0 Å². The Morgan fingerprint density at radius 3 is 2.32 bits per heavy atom. The molecule has 0 bridgehead atoms. The predicted molar refractivity (Wildman–Crippen MR) is 117 cm³/mol. The molecule has 5 aromatic rings. The summed E-state index contributed by atoms with van der Waals surface area (Å²) in [5.74, 6) is 0. The summed E-state index contributed by atoms with van der Waals surface area (Å²) >= 11 is 0. The van der Waals surface area contributed by atoms with Gasteiger partial charge in [-0.3, -0.25) is 0 Å². The first kappa shape index (κ1) is 20.9. The van der Waals surface area contributed by atoms with Crippen LogP contribution in [0.15, 0.2) is 97.5 Å². The fourth-order valence-electron chi connectivity index (χ4n) is 3.43. The zero-order valence-corrected chi connectivity index (χ0v) is 19.0. The molecule has 0 aliphatic heterocycles. The molecule has 2 aromatic heterocycles. The first-order valence-electron chi connectivity index (χ1n) is 9.72. The number of anilines is 3. The van der Waals surface area contributed by atoms with Gasteiger partial charge >= 0.3 is 0 Å². The average Bonchev–Trinajstić information content (AvgIpc) is 3.47. The van der Waals surface area contributed by atoms with Crippen LogP contribution in [0, 0.1) is 18.5 Å². The molecule has 157 valence electrons. The third kappa shape index (κ3) is 4.42. The summed E-state index contributed by atoms with van der Waals surface area (Å²) in [7, 11) is 1.95. The molecule has 0 N–H and O–H groups in total. The van der Waals surface area contributed by atoms with Crippen molar-refractivity contribution in [3.05, 3.63) is 116 Å². The van der Waals surface area contributed by atoms with Gasteiger partial charge in [-0.2, -0.15) is 30.0 Å². The van der Waals surface area contributed by atoms with E-state index in [0.717, 1.165) is 34.0 Å². The molecule has 5 heteroatoms. The minimum absolute atomic E-state index is 0. The molecule has 4 nitrogen and oxygen atoms in total. The first-order chi connectivity index (χ1) is 14.8. The van der Waals surface area contributed by atoms with Crippen LogP contribution >= 0.6 is 0 Å². The van der Waals surface area contributed by atoms with Gasteiger partial charge in [-0.15, -0.1) is 36.4 Å². The maximum Gasteiger partial charge on any atom is 0.241 e. The standard InChI is InChI=1S/C26H19N4.Au/c1-28-16-17-29(20-28)23-11-6-13-25(19-23)30(22-9-3-2-4-10-22)24-12-5-8-21(18-24)26-14-7-15-27-26;/h2-17H,1H3;/q-3;. The Bertz CT molecular complexity index is 1260. The number of rotatable bonds is 5. The van der Waals surface area contributed by atoms with Crippen LogP contribution in [0.25, 0.3) is 16.9 Å². The number of benzene rings is 3. The number of nitrogens with zero attached hydrogens (tertiary/aromatic N) is 4. The first-order valence-corrected chi connectivity index (χ1v) is 9.72. The van der Waals surface area contributed by atoms with E-state index in [2.05, 4.69) is 52.6 Å². The number of para-hydroxylation sites is 1. The van der Waals surface area contributed by atoms with Gasteiger partial charge in [0.05, 0.1) is 7.05 Å². The maximum absolute atomic E-state index is 4.42. The molecule has 0 fully saturated rings. The second-order valence-corrected chi connectivity index (χ2v) is 6.94. The minimum atomic E-state index is 0. The Morgan fingerprint density at radius 2 is 1.61 bits per heavy atom. The number of hydrogen-bond donors (Lipinski definition) is 0. The molecule has 5 rings (SSSR count). The van der Waals surface area contributed by atoms with E-state index < -0.39 is 0 Å². The molecule has 31 heavy (non-hydrogen) atoms. The second-order valence-electron chi connectivity index (χ2n) is 6.94. The van der Waals surface area contributed by atoms with Crippen molar-refractivity contribution in [2.45, 2.75) is 0 Å². The van der Waals surface area contributed by atoms with Crippen molar-refractivity contribution in [3.8, 4) is 16.9 Å². The fraction of sp³-hybridized carbons (Fsp3) is 0.0385. The van der Waals surface area contributed by atoms with Crippen LogP contribution < -0.4 is 14.5 Å².